The van der Waals surface area contributed by atoms with Crippen LogP contribution in [0.5, 0.6) is 0 Å². The SMILES string of the molecule is O=C(CCc1cccc(-c2cnc(C(F)(F)F)cn2)c1)C1CCCN1S(=O)(=O)c1cc2ccccc2o1. The van der Waals surface area contributed by atoms with Crippen LogP contribution in [0, 0.1) is 0 Å². The van der Waals surface area contributed by atoms with Gasteiger partial charge in [0.25, 0.3) is 10.0 Å². The number of hydrogen-bond donors (Lipinski definition) is 0. The molecule has 1 saturated heterocycles. The summed E-state index contributed by atoms with van der Waals surface area (Å²) in [6, 6.07) is 14.6. The van der Waals surface area contributed by atoms with Crippen molar-refractivity contribution in [3.8, 4) is 11.3 Å². The number of furan rings is 1. The van der Waals surface area contributed by atoms with Gasteiger partial charge in [-0.15, -0.1) is 0 Å². The number of rotatable bonds is 7. The molecule has 2 aromatic heterocycles. The van der Waals surface area contributed by atoms with E-state index in [1.165, 1.54) is 10.4 Å². The van der Waals surface area contributed by atoms with E-state index < -0.39 is 27.9 Å². The molecule has 1 aliphatic heterocycles. The van der Waals surface area contributed by atoms with Gasteiger partial charge in [0.05, 0.1) is 24.1 Å². The molecule has 11 heteroatoms. The van der Waals surface area contributed by atoms with Crippen LogP contribution in [-0.2, 0) is 27.4 Å². The summed E-state index contributed by atoms with van der Waals surface area (Å²) >= 11 is 0. The van der Waals surface area contributed by atoms with E-state index in [0.717, 1.165) is 11.8 Å². The van der Waals surface area contributed by atoms with Crippen LogP contribution in [0.1, 0.15) is 30.5 Å². The normalized spacial score (nSPS) is 16.9. The largest absolute Gasteiger partial charge is 0.443 e. The average Bonchev–Trinajstić information content (AvgIpc) is 3.55. The summed E-state index contributed by atoms with van der Waals surface area (Å²) in [6.45, 7) is 0.234. The number of fused-ring (bicyclic) bond motifs is 1. The van der Waals surface area contributed by atoms with E-state index in [0.29, 0.717) is 42.0 Å². The Bertz CT molecular complexity index is 1520. The lowest BCUT2D eigenvalue weighted by Crippen LogP contribution is -2.40. The Labute approximate surface area is 211 Å². The van der Waals surface area contributed by atoms with Crippen LogP contribution in [0.25, 0.3) is 22.2 Å². The number of ketones is 1. The summed E-state index contributed by atoms with van der Waals surface area (Å²) in [5.41, 5.74) is 1.01. The molecule has 0 saturated carbocycles. The maximum atomic E-state index is 13.3. The lowest BCUT2D eigenvalue weighted by atomic mass is 10.0. The summed E-state index contributed by atoms with van der Waals surface area (Å²) in [4.78, 5) is 20.4. The van der Waals surface area contributed by atoms with Crippen LogP contribution in [0.2, 0.25) is 0 Å². The molecule has 37 heavy (non-hydrogen) atoms. The molecule has 5 rings (SSSR count). The second-order valence-electron chi connectivity index (χ2n) is 8.83. The third-order valence-corrected chi connectivity index (χ3v) is 8.13. The van der Waals surface area contributed by atoms with E-state index in [9.17, 15) is 26.4 Å². The summed E-state index contributed by atoms with van der Waals surface area (Å²) in [7, 11) is -3.98. The van der Waals surface area contributed by atoms with Gasteiger partial charge in [-0.3, -0.25) is 9.78 Å². The van der Waals surface area contributed by atoms with Gasteiger partial charge in [0.1, 0.15) is 5.58 Å². The summed E-state index contributed by atoms with van der Waals surface area (Å²) in [5, 5.41) is 0.486. The number of Topliss-reactive ketones (excluding diaryl/α,β-unsaturated/α-hetero) is 1. The number of alkyl halides is 3. The molecule has 0 amide bonds. The van der Waals surface area contributed by atoms with E-state index in [4.69, 9.17) is 4.42 Å². The molecule has 1 fully saturated rings. The first kappa shape index (κ1) is 25.1. The van der Waals surface area contributed by atoms with Crippen LogP contribution >= 0.6 is 0 Å². The van der Waals surface area contributed by atoms with Crippen molar-refractivity contribution in [2.75, 3.05) is 6.54 Å². The number of halogens is 3. The molecule has 192 valence electrons. The predicted octanol–water partition coefficient (Wildman–Crippen LogP) is 5.26. The molecule has 1 aliphatic rings. The van der Waals surface area contributed by atoms with Crippen molar-refractivity contribution in [3.05, 3.63) is 78.2 Å². The molecule has 0 aliphatic carbocycles. The molecule has 3 heterocycles. The third-order valence-electron chi connectivity index (χ3n) is 6.37. The van der Waals surface area contributed by atoms with E-state index in [1.54, 1.807) is 48.5 Å². The first-order valence-corrected chi connectivity index (χ1v) is 13.1. The molecule has 0 spiro atoms. The number of aromatic nitrogens is 2. The Morgan fingerprint density at radius 2 is 1.86 bits per heavy atom. The Kier molecular flexibility index (Phi) is 6.59. The number of benzene rings is 2. The monoisotopic (exact) mass is 529 g/mol. The number of nitrogens with zero attached hydrogens (tertiary/aromatic N) is 3. The predicted molar refractivity (Wildman–Crippen MR) is 129 cm³/mol. The van der Waals surface area contributed by atoms with Gasteiger partial charge in [0.15, 0.2) is 11.5 Å². The topological polar surface area (TPSA) is 93.4 Å². The minimum absolute atomic E-state index is 0.110. The number of hydrogen-bond acceptors (Lipinski definition) is 6. The van der Waals surface area contributed by atoms with Crippen LogP contribution in [0.3, 0.4) is 0 Å². The molecule has 2 aromatic carbocycles. The van der Waals surface area contributed by atoms with Crippen molar-refractivity contribution in [1.82, 2.24) is 14.3 Å². The summed E-state index contributed by atoms with van der Waals surface area (Å²) in [6.07, 6.45) is -1.37. The van der Waals surface area contributed by atoms with Gasteiger partial charge >= 0.3 is 6.18 Å². The highest BCUT2D eigenvalue weighted by atomic mass is 32.2. The fraction of sp³-hybridized carbons (Fsp3) is 0.269. The zero-order valence-corrected chi connectivity index (χ0v) is 20.3. The third kappa shape index (κ3) is 5.14. The van der Waals surface area contributed by atoms with Crippen LogP contribution in [0.15, 0.2) is 76.5 Å². The molecule has 0 bridgehead atoms. The molecule has 1 unspecified atom stereocenters. The molecular weight excluding hydrogens is 507 g/mol. The van der Waals surface area contributed by atoms with Crippen LogP contribution in [0.4, 0.5) is 13.2 Å². The van der Waals surface area contributed by atoms with Crippen molar-refractivity contribution in [2.24, 2.45) is 0 Å². The fourth-order valence-corrected chi connectivity index (χ4v) is 6.12. The zero-order valence-electron chi connectivity index (χ0n) is 19.5. The van der Waals surface area contributed by atoms with E-state index in [1.807, 2.05) is 0 Å². The Hall–Kier alpha value is -3.57. The quantitative estimate of drug-likeness (QED) is 0.324. The van der Waals surface area contributed by atoms with Crippen molar-refractivity contribution >= 4 is 26.8 Å². The van der Waals surface area contributed by atoms with Gasteiger partial charge < -0.3 is 4.42 Å². The highest BCUT2D eigenvalue weighted by Gasteiger charge is 2.40. The van der Waals surface area contributed by atoms with Gasteiger partial charge in [-0.25, -0.2) is 13.4 Å². The lowest BCUT2D eigenvalue weighted by molar-refractivity contribution is -0.141. The smallest absolute Gasteiger partial charge is 0.434 e. The number of aryl methyl sites for hydroxylation is 1. The Morgan fingerprint density at radius 1 is 1.05 bits per heavy atom. The van der Waals surface area contributed by atoms with Gasteiger partial charge in [-0.1, -0.05) is 36.4 Å². The average molecular weight is 530 g/mol. The van der Waals surface area contributed by atoms with Gasteiger partial charge in [-0.05, 0) is 37.0 Å². The van der Waals surface area contributed by atoms with Crippen LogP contribution in [-0.4, -0.2) is 41.1 Å². The molecule has 7 nitrogen and oxygen atoms in total. The standard InChI is InChI=1S/C26H22F3N3O4S/c27-26(28,29)24-16-30-20(15-31-24)18-7-3-5-17(13-18)10-11-22(33)21-8-4-12-32(21)37(34,35)25-14-19-6-1-2-9-23(19)36-25/h1-3,5-7,9,13-16,21H,4,8,10-12H2. The Morgan fingerprint density at radius 3 is 2.59 bits per heavy atom. The number of carbonyl (C=O) groups is 1. The van der Waals surface area contributed by atoms with Crippen molar-refractivity contribution in [2.45, 2.75) is 43.0 Å². The van der Waals surface area contributed by atoms with Gasteiger partial charge in [0, 0.05) is 30.0 Å². The molecular formula is C26H22F3N3O4S. The highest BCUT2D eigenvalue weighted by Crippen LogP contribution is 2.31. The van der Waals surface area contributed by atoms with Gasteiger partial charge in [0.2, 0.25) is 5.09 Å². The molecule has 4 aromatic rings. The van der Waals surface area contributed by atoms with Crippen molar-refractivity contribution in [3.63, 3.8) is 0 Å². The first-order chi connectivity index (χ1) is 17.6. The minimum Gasteiger partial charge on any atom is -0.443 e. The fourth-order valence-electron chi connectivity index (χ4n) is 4.49. The van der Waals surface area contributed by atoms with Crippen molar-refractivity contribution in [1.29, 1.82) is 0 Å². The number of carbonyl (C=O) groups excluding carboxylic acids is 1. The van der Waals surface area contributed by atoms with Crippen molar-refractivity contribution < 1.29 is 30.8 Å². The van der Waals surface area contributed by atoms with Crippen LogP contribution < -0.4 is 0 Å². The van der Waals surface area contributed by atoms with Gasteiger partial charge in [-0.2, -0.15) is 17.5 Å². The van der Waals surface area contributed by atoms with E-state index in [2.05, 4.69) is 9.97 Å². The van der Waals surface area contributed by atoms with E-state index in [-0.39, 0.29) is 29.5 Å². The summed E-state index contributed by atoms with van der Waals surface area (Å²) < 4.78 is 71.6. The number of sulfonamides is 1. The lowest BCUT2D eigenvalue weighted by Gasteiger charge is -2.21. The summed E-state index contributed by atoms with van der Waals surface area (Å²) in [5.74, 6) is -0.197. The molecule has 1 atom stereocenters. The second kappa shape index (κ2) is 9.71. The highest BCUT2D eigenvalue weighted by molar-refractivity contribution is 7.89. The first-order valence-electron chi connectivity index (χ1n) is 11.6. The minimum atomic E-state index is -4.57. The second-order valence-corrected chi connectivity index (χ2v) is 10.6. The molecule has 0 radical (unpaired) electrons. The maximum Gasteiger partial charge on any atom is 0.434 e. The molecule has 0 N–H and O–H groups in total. The van der Waals surface area contributed by atoms with E-state index >= 15 is 0 Å². The maximum absolute atomic E-state index is 13.3. The Balaban J connectivity index is 1.28. The zero-order chi connectivity index (χ0) is 26.2. The number of para-hydroxylation sites is 1.